The monoisotopic (exact) mass is 498 g/mol. The highest BCUT2D eigenvalue weighted by molar-refractivity contribution is 8.00. The quantitative estimate of drug-likeness (QED) is 0.233. The summed E-state index contributed by atoms with van der Waals surface area (Å²) in [7, 11) is 0. The molecule has 172 valence electrons. The SMILES string of the molecule is O=C(O)C(Sc1nc(Cl)nc(Nc2ccc(-c3ccccc3)cc2)n1)c1cccc2ccccc12. The van der Waals surface area contributed by atoms with E-state index in [-0.39, 0.29) is 16.4 Å². The van der Waals surface area contributed by atoms with Crippen molar-refractivity contribution in [2.24, 2.45) is 0 Å². The number of thioether (sulfide) groups is 1. The minimum atomic E-state index is -0.992. The Morgan fingerprint density at radius 2 is 1.49 bits per heavy atom. The van der Waals surface area contributed by atoms with Crippen LogP contribution in [0, 0.1) is 0 Å². The number of carbonyl (C=O) groups is 1. The van der Waals surface area contributed by atoms with Gasteiger partial charge in [0, 0.05) is 5.69 Å². The Morgan fingerprint density at radius 3 is 2.26 bits per heavy atom. The Kier molecular flexibility index (Phi) is 6.61. The number of nitrogens with zero attached hydrogens (tertiary/aromatic N) is 3. The van der Waals surface area contributed by atoms with Crippen LogP contribution >= 0.6 is 23.4 Å². The zero-order valence-electron chi connectivity index (χ0n) is 18.3. The molecule has 4 aromatic carbocycles. The molecule has 0 aliphatic rings. The number of hydrogen-bond donors (Lipinski definition) is 2. The van der Waals surface area contributed by atoms with E-state index < -0.39 is 11.2 Å². The highest BCUT2D eigenvalue weighted by Gasteiger charge is 2.25. The summed E-state index contributed by atoms with van der Waals surface area (Å²) in [5.74, 6) is -0.754. The molecule has 0 fully saturated rings. The third-order valence-corrected chi connectivity index (χ3v) is 6.64. The lowest BCUT2D eigenvalue weighted by Gasteiger charge is -2.15. The number of carboxylic acids is 1. The smallest absolute Gasteiger partial charge is 0.321 e. The number of carboxylic acid groups (broad SMARTS) is 1. The summed E-state index contributed by atoms with van der Waals surface area (Å²) >= 11 is 7.18. The summed E-state index contributed by atoms with van der Waals surface area (Å²) < 4.78 is 0. The van der Waals surface area contributed by atoms with E-state index >= 15 is 0 Å². The first-order valence-electron chi connectivity index (χ1n) is 10.8. The molecule has 0 spiro atoms. The molecule has 1 heterocycles. The highest BCUT2D eigenvalue weighted by Crippen LogP contribution is 2.38. The van der Waals surface area contributed by atoms with Gasteiger partial charge in [-0.25, -0.2) is 0 Å². The molecule has 1 aromatic heterocycles. The molecule has 0 saturated carbocycles. The molecule has 0 aliphatic heterocycles. The van der Waals surface area contributed by atoms with Crippen LogP contribution in [0.25, 0.3) is 21.9 Å². The van der Waals surface area contributed by atoms with Crippen molar-refractivity contribution in [1.82, 2.24) is 15.0 Å². The van der Waals surface area contributed by atoms with Gasteiger partial charge >= 0.3 is 5.97 Å². The Morgan fingerprint density at radius 1 is 0.800 bits per heavy atom. The number of halogens is 1. The van der Waals surface area contributed by atoms with Crippen molar-refractivity contribution >= 4 is 51.7 Å². The van der Waals surface area contributed by atoms with Crippen molar-refractivity contribution in [2.45, 2.75) is 10.4 Å². The largest absolute Gasteiger partial charge is 0.480 e. The number of benzene rings is 4. The number of rotatable bonds is 7. The zero-order chi connectivity index (χ0) is 24.2. The standard InChI is InChI=1S/C27H19ClN4O2S/c28-25-30-26(29-20-15-13-18(14-16-20)17-7-2-1-3-8-17)32-27(31-25)35-23(24(33)34)22-12-6-10-19-9-4-5-11-21(19)22/h1-16,23H,(H,33,34)(H,29,30,31,32). The Bertz CT molecular complexity index is 1490. The van der Waals surface area contributed by atoms with E-state index in [1.807, 2.05) is 97.1 Å². The zero-order valence-corrected chi connectivity index (χ0v) is 19.9. The van der Waals surface area contributed by atoms with Gasteiger partial charge in [0.15, 0.2) is 5.16 Å². The molecule has 35 heavy (non-hydrogen) atoms. The molecular formula is C27H19ClN4O2S. The molecule has 2 N–H and O–H groups in total. The van der Waals surface area contributed by atoms with Gasteiger partial charge in [-0.3, -0.25) is 4.79 Å². The number of fused-ring (bicyclic) bond motifs is 1. The number of aliphatic carboxylic acids is 1. The fourth-order valence-corrected chi connectivity index (χ4v) is 4.91. The van der Waals surface area contributed by atoms with Crippen molar-refractivity contribution < 1.29 is 9.90 Å². The highest BCUT2D eigenvalue weighted by atomic mass is 35.5. The third kappa shape index (κ3) is 5.26. The first kappa shape index (κ1) is 22.8. The van der Waals surface area contributed by atoms with Gasteiger partial charge in [-0.05, 0) is 51.2 Å². The van der Waals surface area contributed by atoms with Gasteiger partial charge < -0.3 is 10.4 Å². The molecule has 0 bridgehead atoms. The third-order valence-electron chi connectivity index (χ3n) is 5.39. The normalized spacial score (nSPS) is 11.8. The fourth-order valence-electron chi connectivity index (χ4n) is 3.78. The molecule has 0 saturated heterocycles. The summed E-state index contributed by atoms with van der Waals surface area (Å²) in [6.45, 7) is 0. The number of nitrogens with one attached hydrogen (secondary N) is 1. The minimum Gasteiger partial charge on any atom is -0.480 e. The van der Waals surface area contributed by atoms with Gasteiger partial charge in [-0.2, -0.15) is 15.0 Å². The van der Waals surface area contributed by atoms with Gasteiger partial charge in [-0.15, -0.1) is 0 Å². The Labute approximate surface area is 211 Å². The van der Waals surface area contributed by atoms with E-state index in [9.17, 15) is 9.90 Å². The van der Waals surface area contributed by atoms with Crippen molar-refractivity contribution in [1.29, 1.82) is 0 Å². The number of aromatic nitrogens is 3. The van der Waals surface area contributed by atoms with Crippen LogP contribution in [-0.4, -0.2) is 26.0 Å². The lowest BCUT2D eigenvalue weighted by molar-refractivity contribution is -0.136. The number of hydrogen-bond acceptors (Lipinski definition) is 6. The second-order valence-electron chi connectivity index (χ2n) is 7.68. The van der Waals surface area contributed by atoms with Crippen LogP contribution in [0.15, 0.2) is 102 Å². The molecule has 1 atom stereocenters. The van der Waals surface area contributed by atoms with E-state index in [2.05, 4.69) is 20.3 Å². The molecule has 6 nitrogen and oxygen atoms in total. The molecule has 1 unspecified atom stereocenters. The summed E-state index contributed by atoms with van der Waals surface area (Å²) in [6, 6.07) is 31.2. The molecular weight excluding hydrogens is 480 g/mol. The molecule has 0 aliphatic carbocycles. The second kappa shape index (κ2) is 10.1. The van der Waals surface area contributed by atoms with Gasteiger partial charge in [0.2, 0.25) is 11.2 Å². The molecule has 5 aromatic rings. The molecule has 8 heteroatoms. The second-order valence-corrected chi connectivity index (χ2v) is 9.09. The van der Waals surface area contributed by atoms with Gasteiger partial charge in [0.1, 0.15) is 5.25 Å². The van der Waals surface area contributed by atoms with Gasteiger partial charge in [0.05, 0.1) is 0 Å². The predicted octanol–water partition coefficient (Wildman–Crippen LogP) is 7.01. The molecule has 0 amide bonds. The average Bonchev–Trinajstić information content (AvgIpc) is 2.87. The van der Waals surface area contributed by atoms with Crippen LogP contribution in [0.3, 0.4) is 0 Å². The maximum absolute atomic E-state index is 12.2. The fraction of sp³-hybridized carbons (Fsp3) is 0.0370. The molecule has 5 rings (SSSR count). The van der Waals surface area contributed by atoms with Gasteiger partial charge in [-0.1, -0.05) is 96.7 Å². The van der Waals surface area contributed by atoms with E-state index in [1.54, 1.807) is 0 Å². The Balaban J connectivity index is 1.40. The minimum absolute atomic E-state index is 0.0204. The Hall–Kier alpha value is -3.94. The maximum Gasteiger partial charge on any atom is 0.321 e. The first-order valence-corrected chi connectivity index (χ1v) is 12.0. The van der Waals surface area contributed by atoms with Crippen molar-refractivity contribution in [3.05, 3.63) is 108 Å². The van der Waals surface area contributed by atoms with Gasteiger partial charge in [0.25, 0.3) is 0 Å². The summed E-state index contributed by atoms with van der Waals surface area (Å²) in [5.41, 5.74) is 3.64. The lowest BCUT2D eigenvalue weighted by atomic mass is 10.0. The average molecular weight is 499 g/mol. The van der Waals surface area contributed by atoms with Crippen LogP contribution in [0.2, 0.25) is 5.28 Å². The van der Waals surface area contributed by atoms with Crippen LogP contribution in [0.1, 0.15) is 10.8 Å². The van der Waals surface area contributed by atoms with E-state index in [0.29, 0.717) is 5.56 Å². The summed E-state index contributed by atoms with van der Waals surface area (Å²) in [4.78, 5) is 25.0. The first-order chi connectivity index (χ1) is 17.1. The maximum atomic E-state index is 12.2. The van der Waals surface area contributed by atoms with Crippen LogP contribution in [0.5, 0.6) is 0 Å². The lowest BCUT2D eigenvalue weighted by Crippen LogP contribution is -2.10. The van der Waals surface area contributed by atoms with Crippen molar-refractivity contribution in [2.75, 3.05) is 5.32 Å². The summed E-state index contributed by atoms with van der Waals surface area (Å²) in [5, 5.41) is 14.2. The molecule has 0 radical (unpaired) electrons. The van der Waals surface area contributed by atoms with E-state index in [0.717, 1.165) is 39.3 Å². The van der Waals surface area contributed by atoms with Crippen LogP contribution in [0.4, 0.5) is 11.6 Å². The summed E-state index contributed by atoms with van der Waals surface area (Å²) in [6.07, 6.45) is 0. The van der Waals surface area contributed by atoms with Crippen molar-refractivity contribution in [3.8, 4) is 11.1 Å². The number of anilines is 2. The topological polar surface area (TPSA) is 88.0 Å². The van der Waals surface area contributed by atoms with E-state index in [1.165, 1.54) is 0 Å². The van der Waals surface area contributed by atoms with E-state index in [4.69, 9.17) is 11.6 Å². The predicted molar refractivity (Wildman–Crippen MR) is 140 cm³/mol. The van der Waals surface area contributed by atoms with Crippen LogP contribution in [-0.2, 0) is 4.79 Å². The van der Waals surface area contributed by atoms with Crippen LogP contribution < -0.4 is 5.32 Å². The van der Waals surface area contributed by atoms with Crippen molar-refractivity contribution in [3.63, 3.8) is 0 Å².